The molecule has 0 saturated carbocycles. The molecule has 0 fully saturated rings. The van der Waals surface area contributed by atoms with Gasteiger partial charge in [0.05, 0.1) is 11.8 Å². The van der Waals surface area contributed by atoms with Gasteiger partial charge in [-0.15, -0.1) is 0 Å². The lowest BCUT2D eigenvalue weighted by Crippen LogP contribution is -2.40. The molecular formula is C11H17N3O3. The molecule has 6 heteroatoms. The van der Waals surface area contributed by atoms with Crippen LogP contribution in [0, 0.1) is 6.92 Å². The number of aliphatic carboxylic acids is 1. The molecule has 1 atom stereocenters. The molecule has 0 spiro atoms. The smallest absolute Gasteiger partial charge is 0.326 e. The van der Waals surface area contributed by atoms with Crippen molar-refractivity contribution in [1.82, 2.24) is 15.1 Å². The van der Waals surface area contributed by atoms with Crippen LogP contribution in [0.1, 0.15) is 35.8 Å². The van der Waals surface area contributed by atoms with E-state index < -0.39 is 17.9 Å². The van der Waals surface area contributed by atoms with E-state index in [-0.39, 0.29) is 0 Å². The molecule has 1 rings (SSSR count). The second-order valence-electron chi connectivity index (χ2n) is 3.92. The number of aryl methyl sites for hydroxylation is 1. The van der Waals surface area contributed by atoms with Crippen LogP contribution in [-0.4, -0.2) is 32.8 Å². The Morgan fingerprint density at radius 3 is 2.65 bits per heavy atom. The maximum absolute atomic E-state index is 11.8. The van der Waals surface area contributed by atoms with Crippen molar-refractivity contribution in [3.63, 3.8) is 0 Å². The van der Waals surface area contributed by atoms with E-state index in [9.17, 15) is 9.59 Å². The number of nitrogens with zero attached hydrogens (tertiary/aromatic N) is 2. The molecule has 0 bridgehead atoms. The number of carboxylic acids is 1. The zero-order valence-corrected chi connectivity index (χ0v) is 10.2. The van der Waals surface area contributed by atoms with Crippen molar-refractivity contribution in [2.24, 2.45) is 7.05 Å². The lowest BCUT2D eigenvalue weighted by Gasteiger charge is -2.13. The van der Waals surface area contributed by atoms with Crippen molar-refractivity contribution >= 4 is 11.9 Å². The van der Waals surface area contributed by atoms with Gasteiger partial charge in [-0.25, -0.2) is 4.79 Å². The highest BCUT2D eigenvalue weighted by Crippen LogP contribution is 2.06. The molecule has 2 N–H and O–H groups in total. The summed E-state index contributed by atoms with van der Waals surface area (Å²) in [6, 6.07) is -0.841. The number of carbonyl (C=O) groups is 2. The van der Waals surface area contributed by atoms with Crippen LogP contribution in [0.3, 0.4) is 0 Å². The number of hydrogen-bond donors (Lipinski definition) is 2. The number of nitrogens with one attached hydrogen (secondary N) is 1. The fourth-order valence-electron chi connectivity index (χ4n) is 1.50. The Hall–Kier alpha value is -1.85. The average molecular weight is 239 g/mol. The molecule has 1 heterocycles. The van der Waals surface area contributed by atoms with Crippen LogP contribution in [0.25, 0.3) is 0 Å². The molecule has 0 unspecified atom stereocenters. The van der Waals surface area contributed by atoms with Crippen LogP contribution in [-0.2, 0) is 11.8 Å². The molecule has 0 radical (unpaired) electrons. The van der Waals surface area contributed by atoms with E-state index in [0.29, 0.717) is 24.1 Å². The fraction of sp³-hybridized carbons (Fsp3) is 0.545. The van der Waals surface area contributed by atoms with Crippen molar-refractivity contribution in [1.29, 1.82) is 0 Å². The summed E-state index contributed by atoms with van der Waals surface area (Å²) in [6.45, 7) is 3.63. The first-order valence-electron chi connectivity index (χ1n) is 5.49. The predicted octanol–water partition coefficient (Wildman–Crippen LogP) is 0.712. The highest BCUT2D eigenvalue weighted by atomic mass is 16.4. The number of rotatable bonds is 5. The Morgan fingerprint density at radius 2 is 2.24 bits per heavy atom. The lowest BCUT2D eigenvalue weighted by molar-refractivity contribution is -0.139. The van der Waals surface area contributed by atoms with Gasteiger partial charge in [-0.3, -0.25) is 9.48 Å². The van der Waals surface area contributed by atoms with E-state index in [1.807, 2.05) is 6.92 Å². The van der Waals surface area contributed by atoms with Crippen molar-refractivity contribution in [3.05, 3.63) is 17.5 Å². The number of aromatic nitrogens is 2. The number of hydrogen-bond acceptors (Lipinski definition) is 3. The van der Waals surface area contributed by atoms with Gasteiger partial charge in [-0.2, -0.15) is 5.10 Å². The molecule has 1 aromatic rings. The van der Waals surface area contributed by atoms with Crippen molar-refractivity contribution < 1.29 is 14.7 Å². The molecule has 0 aromatic carbocycles. The molecule has 0 saturated heterocycles. The summed E-state index contributed by atoms with van der Waals surface area (Å²) in [4.78, 5) is 22.8. The number of amides is 1. The largest absolute Gasteiger partial charge is 0.480 e. The zero-order chi connectivity index (χ0) is 13.0. The van der Waals surface area contributed by atoms with Crippen LogP contribution in [0.2, 0.25) is 0 Å². The Morgan fingerprint density at radius 1 is 1.59 bits per heavy atom. The van der Waals surface area contributed by atoms with Crippen molar-refractivity contribution in [3.8, 4) is 0 Å². The van der Waals surface area contributed by atoms with E-state index in [2.05, 4.69) is 10.4 Å². The minimum Gasteiger partial charge on any atom is -0.480 e. The van der Waals surface area contributed by atoms with Crippen LogP contribution in [0.5, 0.6) is 0 Å². The summed E-state index contributed by atoms with van der Waals surface area (Å²) in [5, 5.41) is 15.4. The third-order valence-electron chi connectivity index (χ3n) is 2.66. The summed E-state index contributed by atoms with van der Waals surface area (Å²) in [5.41, 5.74) is 1.12. The highest BCUT2D eigenvalue weighted by Gasteiger charge is 2.21. The molecule has 0 aliphatic carbocycles. The normalized spacial score (nSPS) is 12.2. The number of carboxylic acid groups (broad SMARTS) is 1. The van der Waals surface area contributed by atoms with Gasteiger partial charge in [0.1, 0.15) is 6.04 Å². The van der Waals surface area contributed by atoms with E-state index in [0.717, 1.165) is 0 Å². The second kappa shape index (κ2) is 5.47. The van der Waals surface area contributed by atoms with E-state index in [4.69, 9.17) is 5.11 Å². The van der Waals surface area contributed by atoms with E-state index >= 15 is 0 Å². The second-order valence-corrected chi connectivity index (χ2v) is 3.92. The van der Waals surface area contributed by atoms with Crippen LogP contribution < -0.4 is 5.32 Å². The fourth-order valence-corrected chi connectivity index (χ4v) is 1.50. The summed E-state index contributed by atoms with van der Waals surface area (Å²) in [5.74, 6) is -1.40. The van der Waals surface area contributed by atoms with Gasteiger partial charge in [-0.05, 0) is 13.3 Å². The Bertz CT molecular complexity index is 426. The first-order valence-corrected chi connectivity index (χ1v) is 5.49. The molecule has 17 heavy (non-hydrogen) atoms. The summed E-state index contributed by atoms with van der Waals surface area (Å²) < 4.78 is 1.57. The van der Waals surface area contributed by atoms with Gasteiger partial charge in [0.25, 0.3) is 5.91 Å². The molecule has 0 aliphatic heterocycles. The maximum Gasteiger partial charge on any atom is 0.326 e. The summed E-state index contributed by atoms with van der Waals surface area (Å²) in [6.07, 6.45) is 2.55. The van der Waals surface area contributed by atoms with Gasteiger partial charge in [-0.1, -0.05) is 13.3 Å². The van der Waals surface area contributed by atoms with Gasteiger partial charge in [0.15, 0.2) is 0 Å². The van der Waals surface area contributed by atoms with Gasteiger partial charge >= 0.3 is 5.97 Å². The average Bonchev–Trinajstić information content (AvgIpc) is 2.59. The number of carbonyl (C=O) groups excluding carboxylic acids is 1. The first-order chi connectivity index (χ1) is 7.97. The Labute approximate surface area is 99.6 Å². The van der Waals surface area contributed by atoms with Crippen LogP contribution in [0.4, 0.5) is 0 Å². The molecule has 0 aliphatic rings. The van der Waals surface area contributed by atoms with Crippen LogP contribution >= 0.6 is 0 Å². The highest BCUT2D eigenvalue weighted by molar-refractivity contribution is 5.97. The van der Waals surface area contributed by atoms with Crippen LogP contribution in [0.15, 0.2) is 6.20 Å². The van der Waals surface area contributed by atoms with Crippen molar-refractivity contribution in [2.75, 3.05) is 0 Å². The molecule has 94 valence electrons. The van der Waals surface area contributed by atoms with E-state index in [1.165, 1.54) is 6.20 Å². The monoisotopic (exact) mass is 239 g/mol. The lowest BCUT2D eigenvalue weighted by atomic mass is 10.1. The molecule has 1 amide bonds. The maximum atomic E-state index is 11.8. The quantitative estimate of drug-likeness (QED) is 0.792. The minimum absolute atomic E-state index is 0.392. The third kappa shape index (κ3) is 3.05. The third-order valence-corrected chi connectivity index (χ3v) is 2.66. The zero-order valence-electron chi connectivity index (χ0n) is 10.2. The van der Waals surface area contributed by atoms with Crippen molar-refractivity contribution in [2.45, 2.75) is 32.7 Å². The molecule has 1 aromatic heterocycles. The van der Waals surface area contributed by atoms with Gasteiger partial charge < -0.3 is 10.4 Å². The van der Waals surface area contributed by atoms with Gasteiger partial charge in [0, 0.05) is 12.7 Å². The van der Waals surface area contributed by atoms with E-state index in [1.54, 1.807) is 18.7 Å². The SMILES string of the molecule is CCC[C@H](NC(=O)c1cnn(C)c1C)C(=O)O. The summed E-state index contributed by atoms with van der Waals surface area (Å²) in [7, 11) is 1.73. The topological polar surface area (TPSA) is 84.2 Å². The molecule has 6 nitrogen and oxygen atoms in total. The summed E-state index contributed by atoms with van der Waals surface area (Å²) >= 11 is 0. The molecular weight excluding hydrogens is 222 g/mol. The minimum atomic E-state index is -1.01. The predicted molar refractivity (Wildman–Crippen MR) is 61.7 cm³/mol. The Kier molecular flexibility index (Phi) is 4.25. The standard InChI is InChI=1S/C11H17N3O3/c1-4-5-9(11(16)17)13-10(15)8-6-12-14(3)7(8)2/h6,9H,4-5H2,1-3H3,(H,13,15)(H,16,17)/t9-/m0/s1. The first kappa shape index (κ1) is 13.2. The Balaban J connectivity index is 2.77. The van der Waals surface area contributed by atoms with Gasteiger partial charge in [0.2, 0.25) is 0 Å².